The molecule has 0 saturated heterocycles. The van der Waals surface area contributed by atoms with Crippen molar-refractivity contribution in [3.63, 3.8) is 0 Å². The average molecular weight is 444 g/mol. The summed E-state index contributed by atoms with van der Waals surface area (Å²) in [5, 5.41) is 23.1. The fourth-order valence-electron chi connectivity index (χ4n) is 4.74. The Morgan fingerprint density at radius 1 is 1.19 bits per heavy atom. The van der Waals surface area contributed by atoms with E-state index in [1.807, 2.05) is 37.3 Å². The zero-order valence-electron chi connectivity index (χ0n) is 19.1. The number of ketones is 1. The molecular weight excluding hydrogens is 406 g/mol. The highest BCUT2D eigenvalue weighted by atomic mass is 16.4. The van der Waals surface area contributed by atoms with Crippen molar-refractivity contribution in [3.05, 3.63) is 53.0 Å². The third kappa shape index (κ3) is 8.30. The van der Waals surface area contributed by atoms with E-state index >= 15 is 0 Å². The summed E-state index contributed by atoms with van der Waals surface area (Å²) >= 11 is 0. The fraction of sp³-hybridized carbons (Fsp3) is 0.615. The van der Waals surface area contributed by atoms with Crippen LogP contribution >= 0.6 is 0 Å². The smallest absolute Gasteiger partial charge is 0.303 e. The van der Waals surface area contributed by atoms with Crippen LogP contribution in [0.5, 0.6) is 0 Å². The van der Waals surface area contributed by atoms with Crippen molar-refractivity contribution in [2.45, 2.75) is 89.2 Å². The molecule has 0 heterocycles. The SMILES string of the molecule is CCC(O)(CCCc1ccccc1)CCC1C(N=O)CC(=O)C1CC=CCCCC(=O)O. The van der Waals surface area contributed by atoms with Crippen molar-refractivity contribution in [2.24, 2.45) is 17.0 Å². The number of carboxylic acid groups (broad SMARTS) is 1. The number of allylic oxidation sites excluding steroid dienone is 2. The molecule has 1 aromatic rings. The van der Waals surface area contributed by atoms with E-state index in [-0.39, 0.29) is 30.5 Å². The van der Waals surface area contributed by atoms with E-state index in [9.17, 15) is 19.6 Å². The molecule has 0 aromatic heterocycles. The molecule has 6 nitrogen and oxygen atoms in total. The number of aryl methyl sites for hydroxylation is 1. The molecule has 0 bridgehead atoms. The molecule has 176 valence electrons. The van der Waals surface area contributed by atoms with Crippen molar-refractivity contribution in [3.8, 4) is 0 Å². The van der Waals surface area contributed by atoms with Gasteiger partial charge in [0.15, 0.2) is 0 Å². The summed E-state index contributed by atoms with van der Waals surface area (Å²) in [5.41, 5.74) is 0.457. The second-order valence-electron chi connectivity index (χ2n) is 9.06. The van der Waals surface area contributed by atoms with Gasteiger partial charge in [-0.25, -0.2) is 0 Å². The van der Waals surface area contributed by atoms with Crippen LogP contribution in [-0.4, -0.2) is 33.6 Å². The number of aliphatic hydroxyl groups is 1. The number of benzene rings is 1. The zero-order chi connectivity index (χ0) is 23.4. The molecule has 4 atom stereocenters. The topological polar surface area (TPSA) is 104 Å². The maximum Gasteiger partial charge on any atom is 0.303 e. The van der Waals surface area contributed by atoms with Gasteiger partial charge in [-0.3, -0.25) is 9.59 Å². The van der Waals surface area contributed by atoms with Gasteiger partial charge in [0.2, 0.25) is 0 Å². The van der Waals surface area contributed by atoms with Crippen LogP contribution in [0.4, 0.5) is 0 Å². The first-order valence-electron chi connectivity index (χ1n) is 11.9. The minimum Gasteiger partial charge on any atom is -0.481 e. The maximum absolute atomic E-state index is 12.5. The minimum absolute atomic E-state index is 0.0684. The number of Topliss-reactive ketones (excluding diaryl/α,β-unsaturated/α-hetero) is 1. The van der Waals surface area contributed by atoms with Crippen LogP contribution in [0.2, 0.25) is 0 Å². The maximum atomic E-state index is 12.5. The molecule has 2 rings (SSSR count). The molecule has 2 N–H and O–H groups in total. The number of carbonyl (C=O) groups excluding carboxylic acids is 1. The number of aliphatic carboxylic acids is 1. The highest BCUT2D eigenvalue weighted by molar-refractivity contribution is 5.84. The number of unbranched alkanes of at least 4 members (excludes halogenated alkanes) is 1. The van der Waals surface area contributed by atoms with Gasteiger partial charge < -0.3 is 10.2 Å². The predicted octanol–water partition coefficient (Wildman–Crippen LogP) is 5.47. The van der Waals surface area contributed by atoms with Crippen LogP contribution < -0.4 is 0 Å². The molecule has 4 unspecified atom stereocenters. The first kappa shape index (κ1) is 25.9. The van der Waals surface area contributed by atoms with E-state index in [0.29, 0.717) is 44.9 Å². The van der Waals surface area contributed by atoms with E-state index < -0.39 is 17.6 Å². The lowest BCUT2D eigenvalue weighted by molar-refractivity contribution is -0.137. The van der Waals surface area contributed by atoms with E-state index in [4.69, 9.17) is 5.11 Å². The van der Waals surface area contributed by atoms with Crippen LogP contribution in [0, 0.1) is 16.7 Å². The molecule has 0 radical (unpaired) electrons. The number of hydrogen-bond acceptors (Lipinski definition) is 5. The van der Waals surface area contributed by atoms with Gasteiger partial charge in [0, 0.05) is 18.8 Å². The largest absolute Gasteiger partial charge is 0.481 e. The third-order valence-corrected chi connectivity index (χ3v) is 6.84. The molecule has 32 heavy (non-hydrogen) atoms. The molecule has 1 aliphatic rings. The number of carboxylic acids is 1. The monoisotopic (exact) mass is 443 g/mol. The van der Waals surface area contributed by atoms with E-state index in [2.05, 4.69) is 17.3 Å². The molecule has 0 amide bonds. The van der Waals surface area contributed by atoms with Gasteiger partial charge in [0.1, 0.15) is 11.8 Å². The van der Waals surface area contributed by atoms with Crippen LogP contribution in [0.3, 0.4) is 0 Å². The molecular formula is C26H37NO5. The minimum atomic E-state index is -0.809. The van der Waals surface area contributed by atoms with Gasteiger partial charge in [-0.05, 0) is 69.3 Å². The Hall–Kier alpha value is -2.34. The molecule has 0 aliphatic heterocycles. The summed E-state index contributed by atoms with van der Waals surface area (Å²) < 4.78 is 0. The van der Waals surface area contributed by atoms with Gasteiger partial charge in [-0.15, -0.1) is 0 Å². The lowest BCUT2D eigenvalue weighted by Crippen LogP contribution is -2.30. The number of carbonyl (C=O) groups is 2. The van der Waals surface area contributed by atoms with E-state index in [1.54, 1.807) is 0 Å². The third-order valence-electron chi connectivity index (χ3n) is 6.84. The number of nitrogens with zero attached hydrogens (tertiary/aromatic N) is 1. The summed E-state index contributed by atoms with van der Waals surface area (Å²) in [7, 11) is 0. The second kappa shape index (κ2) is 13.3. The van der Waals surface area contributed by atoms with Crippen LogP contribution in [0.1, 0.15) is 76.7 Å². The van der Waals surface area contributed by atoms with Crippen molar-refractivity contribution in [1.29, 1.82) is 0 Å². The van der Waals surface area contributed by atoms with Gasteiger partial charge in [0.25, 0.3) is 0 Å². The highest BCUT2D eigenvalue weighted by Gasteiger charge is 2.43. The van der Waals surface area contributed by atoms with E-state index in [1.165, 1.54) is 5.56 Å². The summed E-state index contributed by atoms with van der Waals surface area (Å²) in [6.07, 6.45) is 10.2. The fourth-order valence-corrected chi connectivity index (χ4v) is 4.74. The summed E-state index contributed by atoms with van der Waals surface area (Å²) in [4.78, 5) is 34.5. The Morgan fingerprint density at radius 2 is 1.94 bits per heavy atom. The summed E-state index contributed by atoms with van der Waals surface area (Å²) in [6, 6.07) is 9.70. The normalized spacial score (nSPS) is 22.8. The standard InChI is InChI=1S/C26H37NO5/c1-2-26(31,17-10-13-20-11-6-5-7-12-20)18-16-21-22(24(28)19-23(21)27-32)14-8-3-4-9-15-25(29)30/h3,5-8,11-12,21-23,31H,2,4,9-10,13-19H2,1H3,(H,29,30). The molecule has 1 fully saturated rings. The van der Waals surface area contributed by atoms with Crippen molar-refractivity contribution < 1.29 is 19.8 Å². The predicted molar refractivity (Wildman–Crippen MR) is 125 cm³/mol. The Morgan fingerprint density at radius 3 is 2.59 bits per heavy atom. The summed E-state index contributed by atoms with van der Waals surface area (Å²) in [6.45, 7) is 1.98. The Labute approximate surface area is 191 Å². The van der Waals surface area contributed by atoms with Crippen molar-refractivity contribution in [1.82, 2.24) is 0 Å². The van der Waals surface area contributed by atoms with Crippen molar-refractivity contribution in [2.75, 3.05) is 0 Å². The molecule has 1 saturated carbocycles. The van der Waals surface area contributed by atoms with Crippen LogP contribution in [-0.2, 0) is 16.0 Å². The Bertz CT molecular complexity index is 763. The lowest BCUT2D eigenvalue weighted by Gasteiger charge is -2.30. The average Bonchev–Trinajstić information content (AvgIpc) is 3.09. The molecule has 6 heteroatoms. The Balaban J connectivity index is 1.88. The first-order chi connectivity index (χ1) is 15.4. The Kier molecular flexibility index (Phi) is 10.7. The van der Waals surface area contributed by atoms with Crippen LogP contribution in [0.25, 0.3) is 0 Å². The number of nitroso groups, excluding NO2 is 1. The lowest BCUT2D eigenvalue weighted by atomic mass is 9.80. The van der Waals surface area contributed by atoms with Gasteiger partial charge in [0.05, 0.1) is 5.60 Å². The van der Waals surface area contributed by atoms with E-state index in [0.717, 1.165) is 12.8 Å². The number of rotatable bonds is 15. The van der Waals surface area contributed by atoms with Gasteiger partial charge >= 0.3 is 5.97 Å². The first-order valence-corrected chi connectivity index (χ1v) is 11.9. The molecule has 1 aliphatic carbocycles. The number of hydrogen-bond donors (Lipinski definition) is 2. The molecule has 1 aromatic carbocycles. The molecule has 0 spiro atoms. The summed E-state index contributed by atoms with van der Waals surface area (Å²) in [5.74, 6) is -1.13. The second-order valence-corrected chi connectivity index (χ2v) is 9.06. The van der Waals surface area contributed by atoms with Gasteiger partial charge in [-0.2, -0.15) is 4.91 Å². The quantitative estimate of drug-likeness (QED) is 0.212. The van der Waals surface area contributed by atoms with Crippen LogP contribution in [0.15, 0.2) is 47.7 Å². The van der Waals surface area contributed by atoms with Crippen molar-refractivity contribution >= 4 is 11.8 Å². The highest BCUT2D eigenvalue weighted by Crippen LogP contribution is 2.39. The zero-order valence-corrected chi connectivity index (χ0v) is 19.1. The van der Waals surface area contributed by atoms with Gasteiger partial charge in [-0.1, -0.05) is 54.6 Å².